The summed E-state index contributed by atoms with van der Waals surface area (Å²) in [5, 5.41) is 12.1. The highest BCUT2D eigenvalue weighted by Gasteiger charge is 2.21. The molecule has 0 aliphatic heterocycles. The fourth-order valence-electron chi connectivity index (χ4n) is 0.966. The third-order valence-corrected chi connectivity index (χ3v) is 1.94. The van der Waals surface area contributed by atoms with Gasteiger partial charge in [0.25, 0.3) is 0 Å². The standard InChI is InChI=1S/C8H15NO3/c1-12-8(11)7(10)5-9-4-6-2-3-6/h6-7,9-10H,2-5H2,1H3/t7-/m0/s1. The lowest BCUT2D eigenvalue weighted by Crippen LogP contribution is -2.34. The number of nitrogens with one attached hydrogen (secondary N) is 1. The predicted molar refractivity (Wildman–Crippen MR) is 43.6 cm³/mol. The molecule has 0 aromatic heterocycles. The summed E-state index contributed by atoms with van der Waals surface area (Å²) in [6, 6.07) is 0. The molecule has 0 amide bonds. The molecule has 0 bridgehead atoms. The van der Waals surface area contributed by atoms with Crippen molar-refractivity contribution < 1.29 is 14.6 Å². The van der Waals surface area contributed by atoms with E-state index in [4.69, 9.17) is 5.11 Å². The van der Waals surface area contributed by atoms with E-state index in [1.807, 2.05) is 0 Å². The summed E-state index contributed by atoms with van der Waals surface area (Å²) < 4.78 is 4.36. The summed E-state index contributed by atoms with van der Waals surface area (Å²) in [5.41, 5.74) is 0. The van der Waals surface area contributed by atoms with Crippen molar-refractivity contribution in [1.82, 2.24) is 5.32 Å². The fourth-order valence-corrected chi connectivity index (χ4v) is 0.966. The van der Waals surface area contributed by atoms with Crippen molar-refractivity contribution >= 4 is 5.97 Å². The van der Waals surface area contributed by atoms with Crippen molar-refractivity contribution in [2.45, 2.75) is 18.9 Å². The second kappa shape index (κ2) is 4.42. The van der Waals surface area contributed by atoms with Crippen molar-refractivity contribution in [3.63, 3.8) is 0 Å². The van der Waals surface area contributed by atoms with Gasteiger partial charge in [-0.25, -0.2) is 4.79 Å². The average Bonchev–Trinajstić information content (AvgIpc) is 2.86. The molecule has 1 atom stereocenters. The molecule has 0 aromatic rings. The molecule has 1 rings (SSSR count). The number of aliphatic hydroxyl groups is 1. The average molecular weight is 173 g/mol. The molecule has 2 N–H and O–H groups in total. The number of carbonyl (C=O) groups excluding carboxylic acids is 1. The number of methoxy groups -OCH3 is 1. The number of rotatable bonds is 5. The molecular weight excluding hydrogens is 158 g/mol. The molecule has 0 heterocycles. The number of esters is 1. The van der Waals surface area contributed by atoms with Crippen molar-refractivity contribution in [3.05, 3.63) is 0 Å². The van der Waals surface area contributed by atoms with Crippen LogP contribution in [0, 0.1) is 5.92 Å². The Kier molecular flexibility index (Phi) is 3.49. The van der Waals surface area contributed by atoms with Gasteiger partial charge in [-0.3, -0.25) is 0 Å². The molecule has 12 heavy (non-hydrogen) atoms. The maximum atomic E-state index is 10.7. The lowest BCUT2D eigenvalue weighted by atomic mass is 10.3. The van der Waals surface area contributed by atoms with Gasteiger partial charge in [0.15, 0.2) is 6.10 Å². The van der Waals surface area contributed by atoms with Crippen LogP contribution in [0.2, 0.25) is 0 Å². The van der Waals surface area contributed by atoms with Crippen LogP contribution in [-0.2, 0) is 9.53 Å². The Morgan fingerprint density at radius 3 is 2.92 bits per heavy atom. The zero-order valence-corrected chi connectivity index (χ0v) is 7.25. The highest BCUT2D eigenvalue weighted by Crippen LogP contribution is 2.27. The number of aliphatic hydroxyl groups excluding tert-OH is 1. The Hall–Kier alpha value is -0.610. The smallest absolute Gasteiger partial charge is 0.336 e. The van der Waals surface area contributed by atoms with Gasteiger partial charge < -0.3 is 15.2 Å². The van der Waals surface area contributed by atoms with Crippen molar-refractivity contribution in [1.29, 1.82) is 0 Å². The minimum atomic E-state index is -1.02. The third-order valence-electron chi connectivity index (χ3n) is 1.94. The Bertz CT molecular complexity index is 156. The Morgan fingerprint density at radius 1 is 1.75 bits per heavy atom. The summed E-state index contributed by atoms with van der Waals surface area (Å²) in [4.78, 5) is 10.7. The van der Waals surface area contributed by atoms with E-state index in [2.05, 4.69) is 10.1 Å². The van der Waals surface area contributed by atoms with E-state index < -0.39 is 12.1 Å². The molecule has 0 saturated heterocycles. The van der Waals surface area contributed by atoms with E-state index >= 15 is 0 Å². The molecule has 1 fully saturated rings. The maximum absolute atomic E-state index is 10.7. The monoisotopic (exact) mass is 173 g/mol. The Morgan fingerprint density at radius 2 is 2.42 bits per heavy atom. The minimum Gasteiger partial charge on any atom is -0.467 e. The highest BCUT2D eigenvalue weighted by atomic mass is 16.5. The van der Waals surface area contributed by atoms with Gasteiger partial charge in [0, 0.05) is 6.54 Å². The van der Waals surface area contributed by atoms with E-state index in [9.17, 15) is 4.79 Å². The summed E-state index contributed by atoms with van der Waals surface area (Å²) in [6.45, 7) is 1.19. The molecule has 4 nitrogen and oxygen atoms in total. The zero-order chi connectivity index (χ0) is 8.97. The lowest BCUT2D eigenvalue weighted by molar-refractivity contribution is -0.150. The SMILES string of the molecule is COC(=O)[C@@H](O)CNCC1CC1. The van der Waals surface area contributed by atoms with Crippen molar-refractivity contribution in [3.8, 4) is 0 Å². The van der Waals surface area contributed by atoms with Crippen LogP contribution < -0.4 is 5.32 Å². The number of ether oxygens (including phenoxy) is 1. The van der Waals surface area contributed by atoms with Gasteiger partial charge in [-0.05, 0) is 25.3 Å². The molecule has 1 aliphatic carbocycles. The first-order valence-electron chi connectivity index (χ1n) is 4.20. The molecular formula is C8H15NO3. The van der Waals surface area contributed by atoms with Gasteiger partial charge in [-0.2, -0.15) is 0 Å². The van der Waals surface area contributed by atoms with E-state index in [0.29, 0.717) is 6.54 Å². The fraction of sp³-hybridized carbons (Fsp3) is 0.875. The van der Waals surface area contributed by atoms with Crippen LogP contribution in [-0.4, -0.2) is 37.4 Å². The molecule has 1 saturated carbocycles. The Balaban J connectivity index is 2.00. The van der Waals surface area contributed by atoms with Crippen molar-refractivity contribution in [2.75, 3.05) is 20.2 Å². The Labute approximate surface area is 71.9 Å². The normalized spacial score (nSPS) is 18.8. The van der Waals surface area contributed by atoms with Crippen LogP contribution in [0.5, 0.6) is 0 Å². The molecule has 0 radical (unpaired) electrons. The lowest BCUT2D eigenvalue weighted by Gasteiger charge is -2.08. The first-order chi connectivity index (χ1) is 5.74. The second-order valence-electron chi connectivity index (χ2n) is 3.14. The molecule has 70 valence electrons. The van der Waals surface area contributed by atoms with Crippen molar-refractivity contribution in [2.24, 2.45) is 5.92 Å². The summed E-state index contributed by atoms with van der Waals surface area (Å²) >= 11 is 0. The number of carbonyl (C=O) groups is 1. The molecule has 0 unspecified atom stereocenters. The molecule has 4 heteroatoms. The zero-order valence-electron chi connectivity index (χ0n) is 7.25. The van der Waals surface area contributed by atoms with E-state index in [1.54, 1.807) is 0 Å². The second-order valence-corrected chi connectivity index (χ2v) is 3.14. The summed E-state index contributed by atoms with van der Waals surface area (Å²) in [5.74, 6) is 0.188. The van der Waals surface area contributed by atoms with E-state index in [-0.39, 0.29) is 0 Å². The predicted octanol–water partition coefficient (Wildman–Crippen LogP) is -0.480. The van der Waals surface area contributed by atoms with Gasteiger partial charge in [-0.1, -0.05) is 0 Å². The molecule has 1 aliphatic rings. The van der Waals surface area contributed by atoms with Crippen LogP contribution in [0.15, 0.2) is 0 Å². The first kappa shape index (κ1) is 9.48. The third kappa shape index (κ3) is 3.19. The topological polar surface area (TPSA) is 58.6 Å². The van der Waals surface area contributed by atoms with Crippen LogP contribution in [0.25, 0.3) is 0 Å². The maximum Gasteiger partial charge on any atom is 0.336 e. The van der Waals surface area contributed by atoms with Crippen LogP contribution in [0.3, 0.4) is 0 Å². The first-order valence-corrected chi connectivity index (χ1v) is 4.20. The number of hydrogen-bond acceptors (Lipinski definition) is 4. The highest BCUT2D eigenvalue weighted by molar-refractivity contribution is 5.74. The van der Waals surface area contributed by atoms with Gasteiger partial charge in [0.05, 0.1) is 7.11 Å². The minimum absolute atomic E-state index is 0.295. The van der Waals surface area contributed by atoms with Gasteiger partial charge in [0.1, 0.15) is 0 Å². The van der Waals surface area contributed by atoms with E-state index in [1.165, 1.54) is 20.0 Å². The van der Waals surface area contributed by atoms with E-state index in [0.717, 1.165) is 12.5 Å². The quantitative estimate of drug-likeness (QED) is 0.551. The van der Waals surface area contributed by atoms with Gasteiger partial charge in [-0.15, -0.1) is 0 Å². The molecule has 0 aromatic carbocycles. The van der Waals surface area contributed by atoms with Crippen LogP contribution >= 0.6 is 0 Å². The largest absolute Gasteiger partial charge is 0.467 e. The number of hydrogen-bond donors (Lipinski definition) is 2. The van der Waals surface area contributed by atoms with Gasteiger partial charge in [0.2, 0.25) is 0 Å². The van der Waals surface area contributed by atoms with Crippen LogP contribution in [0.4, 0.5) is 0 Å². The van der Waals surface area contributed by atoms with Crippen LogP contribution in [0.1, 0.15) is 12.8 Å². The summed E-state index contributed by atoms with van der Waals surface area (Å²) in [7, 11) is 1.27. The van der Waals surface area contributed by atoms with Gasteiger partial charge >= 0.3 is 5.97 Å². The summed E-state index contributed by atoms with van der Waals surface area (Å²) in [6.07, 6.45) is 1.51. The molecule has 0 spiro atoms.